The van der Waals surface area contributed by atoms with Gasteiger partial charge in [0.05, 0.1) is 30.2 Å². The van der Waals surface area contributed by atoms with E-state index in [1.165, 1.54) is 18.5 Å². The molecule has 0 atom stereocenters. The molecule has 132 valence electrons. The van der Waals surface area contributed by atoms with Crippen molar-refractivity contribution < 1.29 is 4.79 Å². The van der Waals surface area contributed by atoms with E-state index in [1.807, 2.05) is 48.3 Å². The molecule has 1 aliphatic heterocycles. The molecule has 1 fully saturated rings. The summed E-state index contributed by atoms with van der Waals surface area (Å²) < 4.78 is 3.75. The Hall–Kier alpha value is -2.89. The number of aryl methyl sites for hydroxylation is 1. The van der Waals surface area contributed by atoms with Crippen LogP contribution in [-0.2, 0) is 20.1 Å². The minimum Gasteiger partial charge on any atom is -0.330 e. The summed E-state index contributed by atoms with van der Waals surface area (Å²) in [7, 11) is 1.83. The van der Waals surface area contributed by atoms with E-state index in [9.17, 15) is 4.79 Å². The molecular formula is C20H21N5O. The Labute approximate surface area is 152 Å². The fraction of sp³-hybridized carbons (Fsp3) is 0.350. The number of amides is 1. The molecular weight excluding hydrogens is 326 g/mol. The van der Waals surface area contributed by atoms with E-state index < -0.39 is 0 Å². The highest BCUT2D eigenvalue weighted by Crippen LogP contribution is 2.39. The number of rotatable bonds is 3. The summed E-state index contributed by atoms with van der Waals surface area (Å²) in [5.74, 6) is 0.672. The minimum atomic E-state index is 0.0302. The Bertz CT molecular complexity index is 968. The predicted molar refractivity (Wildman–Crippen MR) is 97.6 cm³/mol. The first kappa shape index (κ1) is 15.4. The van der Waals surface area contributed by atoms with Gasteiger partial charge in [0.25, 0.3) is 5.91 Å². The molecule has 0 spiro atoms. The standard InChI is InChI=1S/C20H21N5O/c1-23-19(12-18(21-23)14-5-3-2-4-6-14)20(26)24-9-10-25-16(13-24)11-17(22-25)15-7-8-15/h2-6,11-12,15H,7-10,13H2,1H3. The molecule has 6 nitrogen and oxygen atoms in total. The fourth-order valence-electron chi connectivity index (χ4n) is 3.62. The Balaban J connectivity index is 1.39. The molecule has 1 aliphatic carbocycles. The van der Waals surface area contributed by atoms with Crippen molar-refractivity contribution in [3.63, 3.8) is 0 Å². The van der Waals surface area contributed by atoms with Crippen LogP contribution in [0.2, 0.25) is 0 Å². The lowest BCUT2D eigenvalue weighted by Crippen LogP contribution is -2.39. The van der Waals surface area contributed by atoms with E-state index in [-0.39, 0.29) is 5.91 Å². The van der Waals surface area contributed by atoms with Crippen molar-refractivity contribution in [2.75, 3.05) is 6.54 Å². The lowest BCUT2D eigenvalue weighted by molar-refractivity contribution is 0.0695. The lowest BCUT2D eigenvalue weighted by Gasteiger charge is -2.27. The molecule has 5 rings (SSSR count). The van der Waals surface area contributed by atoms with Crippen LogP contribution >= 0.6 is 0 Å². The second-order valence-electron chi connectivity index (χ2n) is 7.19. The van der Waals surface area contributed by atoms with Gasteiger partial charge in [-0.1, -0.05) is 30.3 Å². The van der Waals surface area contributed by atoms with Gasteiger partial charge >= 0.3 is 0 Å². The van der Waals surface area contributed by atoms with Gasteiger partial charge in [-0.15, -0.1) is 0 Å². The quantitative estimate of drug-likeness (QED) is 0.732. The number of aromatic nitrogens is 4. The third-order valence-electron chi connectivity index (χ3n) is 5.27. The van der Waals surface area contributed by atoms with Gasteiger partial charge in [-0.05, 0) is 25.0 Å². The predicted octanol–water partition coefficient (Wildman–Crippen LogP) is 2.82. The molecule has 2 aromatic heterocycles. The van der Waals surface area contributed by atoms with Crippen LogP contribution in [0.25, 0.3) is 11.3 Å². The fourth-order valence-corrected chi connectivity index (χ4v) is 3.62. The maximum absolute atomic E-state index is 13.1. The van der Waals surface area contributed by atoms with Crippen LogP contribution in [0.3, 0.4) is 0 Å². The smallest absolute Gasteiger partial charge is 0.272 e. The zero-order chi connectivity index (χ0) is 17.7. The largest absolute Gasteiger partial charge is 0.330 e. The topological polar surface area (TPSA) is 56.0 Å². The van der Waals surface area contributed by atoms with Crippen molar-refractivity contribution in [2.24, 2.45) is 7.05 Å². The molecule has 26 heavy (non-hydrogen) atoms. The number of benzene rings is 1. The summed E-state index contributed by atoms with van der Waals surface area (Å²) in [6.45, 7) is 2.06. The molecule has 1 saturated carbocycles. The van der Waals surface area contributed by atoms with Crippen molar-refractivity contribution in [3.05, 3.63) is 59.5 Å². The van der Waals surface area contributed by atoms with Crippen molar-refractivity contribution in [3.8, 4) is 11.3 Å². The van der Waals surface area contributed by atoms with Crippen LogP contribution in [0.1, 0.15) is 40.6 Å². The molecule has 1 aromatic carbocycles. The molecule has 0 radical (unpaired) electrons. The Morgan fingerprint density at radius 2 is 1.88 bits per heavy atom. The van der Waals surface area contributed by atoms with Crippen LogP contribution in [0.15, 0.2) is 42.5 Å². The van der Waals surface area contributed by atoms with E-state index in [2.05, 4.69) is 15.8 Å². The van der Waals surface area contributed by atoms with E-state index >= 15 is 0 Å². The Morgan fingerprint density at radius 1 is 1.08 bits per heavy atom. The molecule has 3 heterocycles. The first-order chi connectivity index (χ1) is 12.7. The van der Waals surface area contributed by atoms with Gasteiger partial charge in [-0.3, -0.25) is 14.2 Å². The summed E-state index contributed by atoms with van der Waals surface area (Å²) in [4.78, 5) is 15.0. The number of carbonyl (C=O) groups excluding carboxylic acids is 1. The molecule has 1 amide bonds. The highest BCUT2D eigenvalue weighted by atomic mass is 16.2. The zero-order valence-electron chi connectivity index (χ0n) is 14.8. The minimum absolute atomic E-state index is 0.0302. The van der Waals surface area contributed by atoms with Crippen molar-refractivity contribution in [2.45, 2.75) is 31.8 Å². The summed E-state index contributed by atoms with van der Waals surface area (Å²) in [5.41, 5.74) is 4.81. The van der Waals surface area contributed by atoms with E-state index in [1.54, 1.807) is 4.68 Å². The van der Waals surface area contributed by atoms with Gasteiger partial charge in [0.1, 0.15) is 5.69 Å². The van der Waals surface area contributed by atoms with Gasteiger partial charge in [0.2, 0.25) is 0 Å². The highest BCUT2D eigenvalue weighted by molar-refractivity contribution is 5.93. The van der Waals surface area contributed by atoms with E-state index in [0.717, 1.165) is 23.5 Å². The molecule has 0 N–H and O–H groups in total. The number of carbonyl (C=O) groups is 1. The molecule has 0 unspecified atom stereocenters. The van der Waals surface area contributed by atoms with Crippen molar-refractivity contribution >= 4 is 5.91 Å². The van der Waals surface area contributed by atoms with Crippen LogP contribution in [-0.4, -0.2) is 36.9 Å². The van der Waals surface area contributed by atoms with Crippen molar-refractivity contribution in [1.29, 1.82) is 0 Å². The molecule has 0 bridgehead atoms. The maximum Gasteiger partial charge on any atom is 0.272 e. The van der Waals surface area contributed by atoms with Gasteiger partial charge in [0, 0.05) is 25.1 Å². The van der Waals surface area contributed by atoms with Gasteiger partial charge in [-0.2, -0.15) is 10.2 Å². The SMILES string of the molecule is Cn1nc(-c2ccccc2)cc1C(=O)N1CCn2nc(C3CC3)cc2C1. The maximum atomic E-state index is 13.1. The van der Waals surface area contributed by atoms with Crippen LogP contribution in [0, 0.1) is 0 Å². The van der Waals surface area contributed by atoms with Gasteiger partial charge in [0.15, 0.2) is 0 Å². The molecule has 6 heteroatoms. The van der Waals surface area contributed by atoms with Crippen LogP contribution in [0.4, 0.5) is 0 Å². The molecule has 2 aliphatic rings. The van der Waals surface area contributed by atoms with E-state index in [0.29, 0.717) is 24.7 Å². The van der Waals surface area contributed by atoms with Crippen LogP contribution < -0.4 is 0 Å². The number of fused-ring (bicyclic) bond motifs is 1. The number of nitrogens with zero attached hydrogens (tertiary/aromatic N) is 5. The highest BCUT2D eigenvalue weighted by Gasteiger charge is 2.30. The molecule has 0 saturated heterocycles. The Morgan fingerprint density at radius 3 is 2.65 bits per heavy atom. The van der Waals surface area contributed by atoms with Crippen molar-refractivity contribution in [1.82, 2.24) is 24.5 Å². The normalized spacial score (nSPS) is 16.6. The van der Waals surface area contributed by atoms with Gasteiger partial charge < -0.3 is 4.90 Å². The molecule has 3 aromatic rings. The average Bonchev–Trinajstić information content (AvgIpc) is 3.32. The van der Waals surface area contributed by atoms with Gasteiger partial charge in [-0.25, -0.2) is 0 Å². The van der Waals surface area contributed by atoms with Crippen LogP contribution in [0.5, 0.6) is 0 Å². The number of hydrogen-bond acceptors (Lipinski definition) is 3. The third kappa shape index (κ3) is 2.62. The van der Waals surface area contributed by atoms with E-state index in [4.69, 9.17) is 5.10 Å². The third-order valence-corrected chi connectivity index (χ3v) is 5.27. The summed E-state index contributed by atoms with van der Waals surface area (Å²) in [5, 5.41) is 9.23. The average molecular weight is 347 g/mol. The second kappa shape index (κ2) is 5.83. The monoisotopic (exact) mass is 347 g/mol. The lowest BCUT2D eigenvalue weighted by atomic mass is 10.1. The summed E-state index contributed by atoms with van der Waals surface area (Å²) >= 11 is 0. The number of hydrogen-bond donors (Lipinski definition) is 0. The second-order valence-corrected chi connectivity index (χ2v) is 7.19. The first-order valence-corrected chi connectivity index (χ1v) is 9.14. The zero-order valence-corrected chi connectivity index (χ0v) is 14.8. The summed E-state index contributed by atoms with van der Waals surface area (Å²) in [6.07, 6.45) is 2.49. The summed E-state index contributed by atoms with van der Waals surface area (Å²) in [6, 6.07) is 14.0. The first-order valence-electron chi connectivity index (χ1n) is 9.14. The Kier molecular flexibility index (Phi) is 3.45.